The van der Waals surface area contributed by atoms with Crippen LogP contribution in [0.25, 0.3) is 86.2 Å². The first kappa shape index (κ1) is 27.7. The second kappa shape index (κ2) is 11.0. The number of fused-ring (bicyclic) bond motifs is 5. The summed E-state index contributed by atoms with van der Waals surface area (Å²) in [6.07, 6.45) is 7.74. The molecule has 222 valence electrons. The molecular formula is C44H30N2S. The minimum Gasteiger partial charge on any atom is -0.264 e. The highest BCUT2D eigenvalue weighted by Crippen LogP contribution is 2.47. The second-order valence-corrected chi connectivity index (χ2v) is 13.5. The third kappa shape index (κ3) is 4.70. The van der Waals surface area contributed by atoms with Gasteiger partial charge in [-0.3, -0.25) is 9.97 Å². The van der Waals surface area contributed by atoms with Crippen LogP contribution in [0.2, 0.25) is 0 Å². The van der Waals surface area contributed by atoms with Crippen molar-refractivity contribution in [3.63, 3.8) is 0 Å². The summed E-state index contributed by atoms with van der Waals surface area (Å²) in [7, 11) is 0. The summed E-state index contributed by atoms with van der Waals surface area (Å²) < 4.78 is 2.62. The lowest BCUT2D eigenvalue weighted by Crippen LogP contribution is -1.92. The van der Waals surface area contributed by atoms with Gasteiger partial charge in [-0.1, -0.05) is 78.9 Å². The number of rotatable bonds is 4. The Morgan fingerprint density at radius 2 is 0.872 bits per heavy atom. The maximum atomic E-state index is 4.50. The molecule has 0 saturated heterocycles. The van der Waals surface area contributed by atoms with Crippen molar-refractivity contribution >= 4 is 53.1 Å². The van der Waals surface area contributed by atoms with Gasteiger partial charge in [-0.25, -0.2) is 0 Å². The molecule has 9 rings (SSSR count). The summed E-state index contributed by atoms with van der Waals surface area (Å²) in [4.78, 5) is 8.99. The Morgan fingerprint density at radius 3 is 1.45 bits per heavy atom. The minimum atomic E-state index is 1.13. The number of hydrogen-bond acceptors (Lipinski definition) is 3. The number of aryl methyl sites for hydroxylation is 2. The van der Waals surface area contributed by atoms with Gasteiger partial charge >= 0.3 is 0 Å². The molecule has 0 fully saturated rings. The Morgan fingerprint density at radius 1 is 0.362 bits per heavy atom. The normalized spacial score (nSPS) is 11.6. The third-order valence-corrected chi connectivity index (χ3v) is 10.4. The summed E-state index contributed by atoms with van der Waals surface area (Å²) in [5.41, 5.74) is 11.8. The largest absolute Gasteiger partial charge is 0.264 e. The molecule has 0 radical (unpaired) electrons. The van der Waals surface area contributed by atoms with Crippen LogP contribution >= 0.6 is 11.3 Å². The van der Waals surface area contributed by atoms with Crippen molar-refractivity contribution in [3.8, 4) is 44.5 Å². The van der Waals surface area contributed by atoms with Crippen LogP contribution in [0.4, 0.5) is 0 Å². The van der Waals surface area contributed by atoms with E-state index >= 15 is 0 Å². The maximum absolute atomic E-state index is 4.50. The van der Waals surface area contributed by atoms with E-state index in [1.165, 1.54) is 75.1 Å². The van der Waals surface area contributed by atoms with Gasteiger partial charge in [-0.15, -0.1) is 11.3 Å². The van der Waals surface area contributed by atoms with Crippen LogP contribution in [-0.2, 0) is 0 Å². The fourth-order valence-electron chi connectivity index (χ4n) is 7.15. The number of hydrogen-bond donors (Lipinski definition) is 0. The smallest absolute Gasteiger partial charge is 0.0362 e. The lowest BCUT2D eigenvalue weighted by Gasteiger charge is -2.19. The molecule has 9 aromatic rings. The first-order valence-electron chi connectivity index (χ1n) is 16.0. The van der Waals surface area contributed by atoms with Gasteiger partial charge in [-0.2, -0.15) is 0 Å². The Bertz CT molecular complexity index is 2660. The van der Waals surface area contributed by atoms with Crippen LogP contribution in [0, 0.1) is 13.8 Å². The fraction of sp³-hybridized carbons (Fsp3) is 0.0455. The molecule has 0 aliphatic carbocycles. The van der Waals surface area contributed by atoms with Gasteiger partial charge in [0.2, 0.25) is 0 Å². The van der Waals surface area contributed by atoms with Gasteiger partial charge in [0.15, 0.2) is 0 Å². The number of aromatic nitrogens is 2. The highest BCUT2D eigenvalue weighted by Gasteiger charge is 2.19. The van der Waals surface area contributed by atoms with Crippen LogP contribution < -0.4 is 0 Å². The topological polar surface area (TPSA) is 25.8 Å². The summed E-state index contributed by atoms with van der Waals surface area (Å²) in [6, 6.07) is 44.9. The zero-order valence-corrected chi connectivity index (χ0v) is 27.0. The molecule has 0 unspecified atom stereocenters. The van der Waals surface area contributed by atoms with E-state index in [0.717, 1.165) is 22.3 Å². The standard InChI is InChI=1S/C44H30N2S/c1-27-17-33(25-45-23-27)29-9-7-11-31(19-29)43-36-14-3-4-15-37(36)44(32-12-8-10-30(20-32)34-18-28(2)24-46-26-34)40-22-42-38(21-39(40)43)35-13-5-6-16-41(35)47-42/h3-26H,1-2H3. The summed E-state index contributed by atoms with van der Waals surface area (Å²) in [5, 5.41) is 7.63. The van der Waals surface area contributed by atoms with E-state index in [0.29, 0.717) is 0 Å². The summed E-state index contributed by atoms with van der Waals surface area (Å²) >= 11 is 1.87. The molecule has 0 saturated carbocycles. The molecule has 0 aliphatic rings. The van der Waals surface area contributed by atoms with Crippen molar-refractivity contribution in [2.75, 3.05) is 0 Å². The average Bonchev–Trinajstić information content (AvgIpc) is 3.47. The van der Waals surface area contributed by atoms with Crippen molar-refractivity contribution in [2.45, 2.75) is 13.8 Å². The van der Waals surface area contributed by atoms with Crippen LogP contribution in [0.5, 0.6) is 0 Å². The molecular weight excluding hydrogens is 589 g/mol. The number of thiophene rings is 1. The number of nitrogens with zero attached hydrogens (tertiary/aromatic N) is 2. The molecule has 3 heterocycles. The maximum Gasteiger partial charge on any atom is 0.0362 e. The monoisotopic (exact) mass is 618 g/mol. The molecule has 2 nitrogen and oxygen atoms in total. The number of pyridine rings is 2. The van der Waals surface area contributed by atoms with E-state index in [1.54, 1.807) is 0 Å². The number of benzene rings is 6. The van der Waals surface area contributed by atoms with Crippen molar-refractivity contribution in [3.05, 3.63) is 157 Å². The Kier molecular flexibility index (Phi) is 6.48. The molecule has 0 spiro atoms. The SMILES string of the molecule is Cc1cncc(-c2cccc(-c3c4ccccc4c(-c4cccc(-c5cncc(C)c5)c4)c4cc5c(cc34)sc3ccccc35)c2)c1. The van der Waals surface area contributed by atoms with E-state index < -0.39 is 0 Å². The highest BCUT2D eigenvalue weighted by atomic mass is 32.1. The minimum absolute atomic E-state index is 1.13. The zero-order valence-electron chi connectivity index (χ0n) is 26.2. The van der Waals surface area contributed by atoms with Crippen molar-refractivity contribution in [2.24, 2.45) is 0 Å². The van der Waals surface area contributed by atoms with Crippen LogP contribution in [0.3, 0.4) is 0 Å². The average molecular weight is 619 g/mol. The third-order valence-electron chi connectivity index (χ3n) is 9.24. The van der Waals surface area contributed by atoms with Crippen molar-refractivity contribution in [1.29, 1.82) is 0 Å². The fourth-order valence-corrected chi connectivity index (χ4v) is 8.28. The van der Waals surface area contributed by atoms with E-state index in [2.05, 4.69) is 145 Å². The summed E-state index contributed by atoms with van der Waals surface area (Å²) in [5.74, 6) is 0. The Balaban J connectivity index is 1.40. The summed E-state index contributed by atoms with van der Waals surface area (Å²) in [6.45, 7) is 4.20. The molecule has 0 bridgehead atoms. The molecule has 0 atom stereocenters. The Hall–Kier alpha value is -5.64. The molecule has 0 N–H and O–H groups in total. The van der Waals surface area contributed by atoms with Crippen molar-refractivity contribution < 1.29 is 0 Å². The van der Waals surface area contributed by atoms with Gasteiger partial charge in [-0.05, 0) is 122 Å². The lowest BCUT2D eigenvalue weighted by molar-refractivity contribution is 1.27. The van der Waals surface area contributed by atoms with Crippen LogP contribution in [-0.4, -0.2) is 9.97 Å². The molecule has 0 amide bonds. The van der Waals surface area contributed by atoms with Gasteiger partial charge in [0.25, 0.3) is 0 Å². The molecule has 3 heteroatoms. The quantitative estimate of drug-likeness (QED) is 0.183. The van der Waals surface area contributed by atoms with E-state index in [-0.39, 0.29) is 0 Å². The first-order chi connectivity index (χ1) is 23.1. The van der Waals surface area contributed by atoms with Gasteiger partial charge in [0.05, 0.1) is 0 Å². The predicted octanol–water partition coefficient (Wildman–Crippen LogP) is 12.4. The van der Waals surface area contributed by atoms with E-state index in [1.807, 2.05) is 36.1 Å². The van der Waals surface area contributed by atoms with Crippen molar-refractivity contribution in [1.82, 2.24) is 9.97 Å². The highest BCUT2D eigenvalue weighted by molar-refractivity contribution is 7.25. The Labute approximate surface area is 277 Å². The van der Waals surface area contributed by atoms with Gasteiger partial charge < -0.3 is 0 Å². The van der Waals surface area contributed by atoms with E-state index in [4.69, 9.17) is 0 Å². The van der Waals surface area contributed by atoms with Crippen LogP contribution in [0.15, 0.2) is 146 Å². The van der Waals surface area contributed by atoms with E-state index in [9.17, 15) is 0 Å². The second-order valence-electron chi connectivity index (χ2n) is 12.5. The van der Waals surface area contributed by atoms with Gasteiger partial charge in [0.1, 0.15) is 0 Å². The lowest BCUT2D eigenvalue weighted by atomic mass is 9.84. The molecule has 3 aromatic heterocycles. The predicted molar refractivity (Wildman–Crippen MR) is 201 cm³/mol. The van der Waals surface area contributed by atoms with Gasteiger partial charge in [0, 0.05) is 56.1 Å². The first-order valence-corrected chi connectivity index (χ1v) is 16.8. The molecule has 6 aromatic carbocycles. The molecule has 47 heavy (non-hydrogen) atoms. The molecule has 0 aliphatic heterocycles. The van der Waals surface area contributed by atoms with Crippen LogP contribution in [0.1, 0.15) is 11.1 Å². The zero-order chi connectivity index (χ0) is 31.5.